The summed E-state index contributed by atoms with van der Waals surface area (Å²) in [5.41, 5.74) is 0.531. The molecule has 2 fully saturated rings. The van der Waals surface area contributed by atoms with Crippen molar-refractivity contribution in [3.8, 4) is 0 Å². The lowest BCUT2D eigenvalue weighted by Crippen LogP contribution is -2.55. The molecule has 0 aliphatic heterocycles. The van der Waals surface area contributed by atoms with Crippen LogP contribution in [0.3, 0.4) is 0 Å². The topological polar surface area (TPSA) is 15.3 Å². The Labute approximate surface area is 114 Å². The molecule has 2 aliphatic rings. The second-order valence-corrected chi connectivity index (χ2v) is 7.24. The predicted molar refractivity (Wildman–Crippen MR) is 78.9 cm³/mol. The van der Waals surface area contributed by atoms with Gasteiger partial charge in [0.1, 0.15) is 0 Å². The third-order valence-corrected chi connectivity index (χ3v) is 5.25. The van der Waals surface area contributed by atoms with Crippen LogP contribution in [0.15, 0.2) is 0 Å². The first-order valence-corrected chi connectivity index (χ1v) is 7.99. The fourth-order valence-corrected chi connectivity index (χ4v) is 4.06. The van der Waals surface area contributed by atoms with Crippen molar-refractivity contribution in [1.82, 2.24) is 10.2 Å². The van der Waals surface area contributed by atoms with Crippen molar-refractivity contribution >= 4 is 0 Å². The largest absolute Gasteiger partial charge is 0.313 e. The van der Waals surface area contributed by atoms with Crippen LogP contribution in [0.4, 0.5) is 0 Å². The molecule has 2 nitrogen and oxygen atoms in total. The molecule has 0 aromatic rings. The Bertz CT molecular complexity index is 256. The average molecular weight is 252 g/mol. The summed E-state index contributed by atoms with van der Waals surface area (Å²) in [5, 5.41) is 3.74. The minimum absolute atomic E-state index is 0.531. The van der Waals surface area contributed by atoms with E-state index in [1.807, 2.05) is 0 Å². The van der Waals surface area contributed by atoms with E-state index in [0.717, 1.165) is 18.6 Å². The molecule has 0 amide bonds. The molecule has 2 rings (SSSR count). The summed E-state index contributed by atoms with van der Waals surface area (Å²) >= 11 is 0. The molecule has 0 aromatic heterocycles. The highest BCUT2D eigenvalue weighted by molar-refractivity contribution is 4.95. The zero-order valence-corrected chi connectivity index (χ0v) is 12.8. The van der Waals surface area contributed by atoms with Crippen molar-refractivity contribution in [1.29, 1.82) is 0 Å². The zero-order chi connectivity index (χ0) is 13.2. The van der Waals surface area contributed by atoms with E-state index in [1.54, 1.807) is 0 Å². The summed E-state index contributed by atoms with van der Waals surface area (Å²) in [6, 6.07) is 2.32. The van der Waals surface area contributed by atoms with Crippen LogP contribution >= 0.6 is 0 Å². The number of rotatable bonds is 4. The van der Waals surface area contributed by atoms with Crippen molar-refractivity contribution in [2.45, 2.75) is 83.8 Å². The SMILES string of the molecule is CCNC1CCC(C)(C)CC1N(C)C1CCCC1. The first-order chi connectivity index (χ1) is 8.53. The quantitative estimate of drug-likeness (QED) is 0.825. The van der Waals surface area contributed by atoms with Gasteiger partial charge in [-0.15, -0.1) is 0 Å². The summed E-state index contributed by atoms with van der Waals surface area (Å²) in [7, 11) is 2.38. The first kappa shape index (κ1) is 14.3. The second-order valence-electron chi connectivity index (χ2n) is 7.24. The molecular weight excluding hydrogens is 220 g/mol. The molecular formula is C16H32N2. The van der Waals surface area contributed by atoms with Crippen LogP contribution < -0.4 is 5.32 Å². The van der Waals surface area contributed by atoms with Crippen LogP contribution in [0, 0.1) is 5.41 Å². The highest BCUT2D eigenvalue weighted by Gasteiger charge is 2.38. The molecule has 0 bridgehead atoms. The van der Waals surface area contributed by atoms with Crippen LogP contribution in [0.5, 0.6) is 0 Å². The number of nitrogens with zero attached hydrogens (tertiary/aromatic N) is 1. The molecule has 0 spiro atoms. The van der Waals surface area contributed by atoms with Gasteiger partial charge in [-0.25, -0.2) is 0 Å². The van der Waals surface area contributed by atoms with Gasteiger partial charge in [0, 0.05) is 18.1 Å². The Kier molecular flexibility index (Phi) is 4.71. The second kappa shape index (κ2) is 5.92. The molecule has 2 saturated carbocycles. The smallest absolute Gasteiger partial charge is 0.0254 e. The number of likely N-dealkylation sites (N-methyl/N-ethyl adjacent to an activating group) is 2. The summed E-state index contributed by atoms with van der Waals surface area (Å²) in [5.74, 6) is 0. The van der Waals surface area contributed by atoms with E-state index >= 15 is 0 Å². The fourth-order valence-electron chi connectivity index (χ4n) is 4.06. The van der Waals surface area contributed by atoms with E-state index in [2.05, 4.69) is 38.0 Å². The maximum atomic E-state index is 3.74. The Morgan fingerprint density at radius 1 is 1.17 bits per heavy atom. The Morgan fingerprint density at radius 3 is 2.44 bits per heavy atom. The minimum atomic E-state index is 0.531. The summed E-state index contributed by atoms with van der Waals surface area (Å²) in [4.78, 5) is 2.72. The third-order valence-electron chi connectivity index (χ3n) is 5.25. The zero-order valence-electron chi connectivity index (χ0n) is 12.8. The van der Waals surface area contributed by atoms with Gasteiger partial charge in [0.25, 0.3) is 0 Å². The molecule has 0 heterocycles. The van der Waals surface area contributed by atoms with Crippen LogP contribution in [0.2, 0.25) is 0 Å². The van der Waals surface area contributed by atoms with Crippen molar-refractivity contribution in [2.75, 3.05) is 13.6 Å². The normalized spacial score (nSPS) is 33.2. The van der Waals surface area contributed by atoms with Gasteiger partial charge in [-0.2, -0.15) is 0 Å². The van der Waals surface area contributed by atoms with Gasteiger partial charge in [-0.05, 0) is 51.1 Å². The molecule has 1 N–H and O–H groups in total. The predicted octanol–water partition coefficient (Wildman–Crippen LogP) is 3.42. The Morgan fingerprint density at radius 2 is 1.83 bits per heavy atom. The van der Waals surface area contributed by atoms with Crippen molar-refractivity contribution in [2.24, 2.45) is 5.41 Å². The van der Waals surface area contributed by atoms with Crippen LogP contribution in [0.1, 0.15) is 65.7 Å². The van der Waals surface area contributed by atoms with Crippen molar-refractivity contribution in [3.63, 3.8) is 0 Å². The lowest BCUT2D eigenvalue weighted by atomic mass is 9.72. The van der Waals surface area contributed by atoms with Gasteiger partial charge in [-0.1, -0.05) is 33.6 Å². The van der Waals surface area contributed by atoms with Gasteiger partial charge in [-0.3, -0.25) is 4.90 Å². The standard InChI is InChI=1S/C16H32N2/c1-5-17-14-10-11-16(2,3)12-15(14)18(4)13-8-6-7-9-13/h13-15,17H,5-12H2,1-4H3. The van der Waals surface area contributed by atoms with E-state index in [-0.39, 0.29) is 0 Å². The molecule has 2 unspecified atom stereocenters. The molecule has 2 aliphatic carbocycles. The van der Waals surface area contributed by atoms with E-state index in [1.165, 1.54) is 44.9 Å². The first-order valence-electron chi connectivity index (χ1n) is 7.99. The molecule has 0 aromatic carbocycles. The Balaban J connectivity index is 2.03. The molecule has 18 heavy (non-hydrogen) atoms. The third kappa shape index (κ3) is 3.27. The van der Waals surface area contributed by atoms with E-state index in [4.69, 9.17) is 0 Å². The monoisotopic (exact) mass is 252 g/mol. The number of hydrogen-bond donors (Lipinski definition) is 1. The summed E-state index contributed by atoms with van der Waals surface area (Å²) in [6.07, 6.45) is 9.81. The van der Waals surface area contributed by atoms with Gasteiger partial charge in [0.05, 0.1) is 0 Å². The van der Waals surface area contributed by atoms with Crippen LogP contribution in [-0.4, -0.2) is 36.6 Å². The average Bonchev–Trinajstić information content (AvgIpc) is 2.84. The van der Waals surface area contributed by atoms with Crippen molar-refractivity contribution < 1.29 is 0 Å². The van der Waals surface area contributed by atoms with E-state index in [0.29, 0.717) is 11.5 Å². The van der Waals surface area contributed by atoms with Gasteiger partial charge < -0.3 is 5.32 Å². The van der Waals surface area contributed by atoms with E-state index < -0.39 is 0 Å². The lowest BCUT2D eigenvalue weighted by molar-refractivity contribution is 0.0568. The molecule has 0 radical (unpaired) electrons. The maximum Gasteiger partial charge on any atom is 0.0254 e. The van der Waals surface area contributed by atoms with Gasteiger partial charge in [0.2, 0.25) is 0 Å². The molecule has 2 heteroatoms. The van der Waals surface area contributed by atoms with Gasteiger partial charge >= 0.3 is 0 Å². The van der Waals surface area contributed by atoms with Gasteiger partial charge in [0.15, 0.2) is 0 Å². The fraction of sp³-hybridized carbons (Fsp3) is 1.00. The molecule has 106 valence electrons. The maximum absolute atomic E-state index is 3.74. The lowest BCUT2D eigenvalue weighted by Gasteiger charge is -2.47. The summed E-state index contributed by atoms with van der Waals surface area (Å²) in [6.45, 7) is 8.25. The summed E-state index contributed by atoms with van der Waals surface area (Å²) < 4.78 is 0. The van der Waals surface area contributed by atoms with Crippen LogP contribution in [0.25, 0.3) is 0 Å². The minimum Gasteiger partial charge on any atom is -0.313 e. The van der Waals surface area contributed by atoms with Crippen molar-refractivity contribution in [3.05, 3.63) is 0 Å². The number of hydrogen-bond acceptors (Lipinski definition) is 2. The highest BCUT2D eigenvalue weighted by atomic mass is 15.2. The van der Waals surface area contributed by atoms with Crippen LogP contribution in [-0.2, 0) is 0 Å². The molecule has 2 atom stereocenters. The number of nitrogens with one attached hydrogen (secondary N) is 1. The Hall–Kier alpha value is -0.0800. The molecule has 0 saturated heterocycles. The van der Waals surface area contributed by atoms with E-state index in [9.17, 15) is 0 Å². The highest BCUT2D eigenvalue weighted by Crippen LogP contribution is 2.39.